The zero-order valence-electron chi connectivity index (χ0n) is 12.2. The quantitative estimate of drug-likeness (QED) is 0.707. The van der Waals surface area contributed by atoms with Gasteiger partial charge in [0.25, 0.3) is 0 Å². The maximum Gasteiger partial charge on any atom is 0.241 e. The Morgan fingerprint density at radius 3 is 2.91 bits per heavy atom. The Hall–Kier alpha value is -1.75. The van der Waals surface area contributed by atoms with Gasteiger partial charge in [0.1, 0.15) is 0 Å². The van der Waals surface area contributed by atoms with Crippen molar-refractivity contribution in [3.05, 3.63) is 29.9 Å². The number of aromatic nitrogens is 2. The molecule has 1 fully saturated rings. The van der Waals surface area contributed by atoms with Crippen molar-refractivity contribution >= 4 is 38.6 Å². The van der Waals surface area contributed by atoms with Gasteiger partial charge >= 0.3 is 0 Å². The number of hydrogen-bond acceptors (Lipinski definition) is 7. The van der Waals surface area contributed by atoms with Crippen LogP contribution in [-0.4, -0.2) is 37.4 Å². The third kappa shape index (κ3) is 2.57. The van der Waals surface area contributed by atoms with E-state index < -0.39 is 15.6 Å². The summed E-state index contributed by atoms with van der Waals surface area (Å²) in [6.45, 7) is 2.57. The summed E-state index contributed by atoms with van der Waals surface area (Å²) in [5, 5.41) is 9.56. The molecule has 8 nitrogen and oxygen atoms in total. The predicted octanol–water partition coefficient (Wildman–Crippen LogP) is 1.07. The highest BCUT2D eigenvalue weighted by molar-refractivity contribution is 8.03. The highest BCUT2D eigenvalue weighted by Gasteiger charge is 2.38. The van der Waals surface area contributed by atoms with E-state index in [1.165, 1.54) is 11.9 Å². The first-order valence-corrected chi connectivity index (χ1v) is 9.26. The lowest BCUT2D eigenvalue weighted by molar-refractivity contribution is -0.0523. The molecule has 10 heteroatoms. The fraction of sp³-hybridized carbons (Fsp3) is 0.308. The van der Waals surface area contributed by atoms with Crippen molar-refractivity contribution in [2.24, 2.45) is 0 Å². The lowest BCUT2D eigenvalue weighted by Gasteiger charge is -2.38. The number of aromatic amines is 1. The highest BCUT2D eigenvalue weighted by Crippen LogP contribution is 2.34. The number of fused-ring (bicyclic) bond motifs is 1. The predicted molar refractivity (Wildman–Crippen MR) is 88.0 cm³/mol. The fourth-order valence-corrected chi connectivity index (χ4v) is 4.58. The number of anilines is 1. The number of H-pyrrole nitrogens is 1. The summed E-state index contributed by atoms with van der Waals surface area (Å²) in [5.41, 5.74) is 3.87. The van der Waals surface area contributed by atoms with Crippen molar-refractivity contribution in [1.29, 1.82) is 0 Å². The maximum atomic E-state index is 12.7. The molecular formula is C13H15N5O3S2. The van der Waals surface area contributed by atoms with E-state index in [4.69, 9.17) is 4.74 Å². The minimum Gasteiger partial charge on any atom is -0.377 e. The van der Waals surface area contributed by atoms with Crippen LogP contribution in [0.5, 0.6) is 0 Å². The Morgan fingerprint density at radius 1 is 1.43 bits per heavy atom. The van der Waals surface area contributed by atoms with Crippen molar-refractivity contribution in [2.75, 3.05) is 17.6 Å². The van der Waals surface area contributed by atoms with Crippen LogP contribution in [0.2, 0.25) is 0 Å². The summed E-state index contributed by atoms with van der Waals surface area (Å²) >= 11 is 1.43. The second kappa shape index (κ2) is 5.13. The third-order valence-corrected chi connectivity index (χ3v) is 6.08. The van der Waals surface area contributed by atoms with Gasteiger partial charge in [-0.3, -0.25) is 10.5 Å². The maximum absolute atomic E-state index is 12.7. The zero-order chi connectivity index (χ0) is 16.1. The topological polar surface area (TPSA) is 99.4 Å². The summed E-state index contributed by atoms with van der Waals surface area (Å²) in [5.74, 6) is 0. The molecule has 1 aromatic carbocycles. The standard InChI is InChI=1S/C13H15N5O3S2/c1-13(7-21-8-13)17-23(19,20)9-4-11-10(6-14-16-11)12(5-9)18-15-2-3-22-18/h2-6,15,17H,7-8H2,1H3,(H,14,16). The molecule has 2 aliphatic heterocycles. The summed E-state index contributed by atoms with van der Waals surface area (Å²) in [4.78, 5) is 0.187. The zero-order valence-corrected chi connectivity index (χ0v) is 13.9. The molecule has 0 spiro atoms. The molecule has 0 aliphatic carbocycles. The molecule has 122 valence electrons. The first-order chi connectivity index (χ1) is 11.0. The molecule has 3 heterocycles. The van der Waals surface area contributed by atoms with Crippen molar-refractivity contribution in [3.8, 4) is 0 Å². The van der Waals surface area contributed by atoms with Gasteiger partial charge in [0.2, 0.25) is 10.0 Å². The second-order valence-corrected chi connectivity index (χ2v) is 8.29. The molecule has 23 heavy (non-hydrogen) atoms. The number of sulfonamides is 1. The molecule has 0 radical (unpaired) electrons. The molecule has 3 N–H and O–H groups in total. The van der Waals surface area contributed by atoms with E-state index in [-0.39, 0.29) is 4.90 Å². The average Bonchev–Trinajstić information content (AvgIpc) is 3.15. The smallest absolute Gasteiger partial charge is 0.241 e. The SMILES string of the molecule is CC1(NS(=O)(=O)c2cc(N3NC=CS3)c3cn[nH]c3c2)COC1. The molecule has 2 aromatic rings. The lowest BCUT2D eigenvalue weighted by atomic mass is 10.0. The molecule has 0 bridgehead atoms. The number of rotatable bonds is 4. The molecule has 2 aliphatic rings. The minimum absolute atomic E-state index is 0.187. The number of hydrazine groups is 1. The van der Waals surface area contributed by atoms with Crippen LogP contribution < -0.4 is 14.6 Å². The van der Waals surface area contributed by atoms with Crippen LogP contribution in [0.25, 0.3) is 10.9 Å². The fourth-order valence-electron chi connectivity index (χ4n) is 2.53. The Kier molecular flexibility index (Phi) is 3.30. The number of benzene rings is 1. The van der Waals surface area contributed by atoms with Crippen LogP contribution >= 0.6 is 11.9 Å². The summed E-state index contributed by atoms with van der Waals surface area (Å²) in [7, 11) is -3.66. The van der Waals surface area contributed by atoms with Crippen LogP contribution in [0.3, 0.4) is 0 Å². The van der Waals surface area contributed by atoms with E-state index in [1.54, 1.807) is 28.9 Å². The van der Waals surface area contributed by atoms with Gasteiger partial charge in [-0.1, -0.05) is 0 Å². The summed E-state index contributed by atoms with van der Waals surface area (Å²) in [6.07, 6.45) is 3.46. The van der Waals surface area contributed by atoms with E-state index in [2.05, 4.69) is 20.3 Å². The Labute approximate surface area is 137 Å². The molecule has 1 aromatic heterocycles. The van der Waals surface area contributed by atoms with Gasteiger partial charge < -0.3 is 4.74 Å². The van der Waals surface area contributed by atoms with E-state index in [9.17, 15) is 8.42 Å². The van der Waals surface area contributed by atoms with E-state index in [1.807, 2.05) is 12.3 Å². The van der Waals surface area contributed by atoms with Crippen molar-refractivity contribution in [1.82, 2.24) is 20.3 Å². The van der Waals surface area contributed by atoms with Gasteiger partial charge in [-0.2, -0.15) is 5.10 Å². The number of hydrogen-bond donors (Lipinski definition) is 3. The Bertz CT molecular complexity index is 880. The number of ether oxygens (including phenoxy) is 1. The van der Waals surface area contributed by atoms with E-state index in [0.717, 1.165) is 11.1 Å². The Morgan fingerprint density at radius 2 is 2.26 bits per heavy atom. The van der Waals surface area contributed by atoms with Crippen molar-refractivity contribution in [2.45, 2.75) is 17.4 Å². The van der Waals surface area contributed by atoms with Crippen LogP contribution in [0.4, 0.5) is 5.69 Å². The van der Waals surface area contributed by atoms with Crippen molar-refractivity contribution in [3.63, 3.8) is 0 Å². The molecule has 0 atom stereocenters. The van der Waals surface area contributed by atoms with Gasteiger partial charge in [-0.15, -0.1) is 0 Å². The minimum atomic E-state index is -3.66. The highest BCUT2D eigenvalue weighted by atomic mass is 32.2. The largest absolute Gasteiger partial charge is 0.377 e. The summed E-state index contributed by atoms with van der Waals surface area (Å²) in [6, 6.07) is 3.22. The molecule has 0 amide bonds. The third-order valence-electron chi connectivity index (χ3n) is 3.69. The van der Waals surface area contributed by atoms with Gasteiger partial charge in [-0.05, 0) is 19.1 Å². The number of nitrogens with zero attached hydrogens (tertiary/aromatic N) is 2. The van der Waals surface area contributed by atoms with E-state index >= 15 is 0 Å². The van der Waals surface area contributed by atoms with Gasteiger partial charge in [0, 0.05) is 28.9 Å². The lowest BCUT2D eigenvalue weighted by Crippen LogP contribution is -2.59. The van der Waals surface area contributed by atoms with E-state index in [0.29, 0.717) is 18.7 Å². The normalized spacial score (nSPS) is 19.8. The van der Waals surface area contributed by atoms with Crippen LogP contribution in [-0.2, 0) is 14.8 Å². The van der Waals surface area contributed by atoms with Crippen LogP contribution in [0.1, 0.15) is 6.92 Å². The first kappa shape index (κ1) is 14.8. The van der Waals surface area contributed by atoms with Gasteiger partial charge in [0.15, 0.2) is 0 Å². The van der Waals surface area contributed by atoms with Gasteiger partial charge in [-0.25, -0.2) is 17.6 Å². The number of nitrogens with one attached hydrogen (secondary N) is 3. The Balaban J connectivity index is 1.77. The average molecular weight is 353 g/mol. The molecule has 1 saturated heterocycles. The molecular weight excluding hydrogens is 338 g/mol. The second-order valence-electron chi connectivity index (χ2n) is 5.76. The van der Waals surface area contributed by atoms with Crippen LogP contribution in [0, 0.1) is 0 Å². The first-order valence-electron chi connectivity index (χ1n) is 6.94. The van der Waals surface area contributed by atoms with Crippen LogP contribution in [0.15, 0.2) is 34.8 Å². The summed E-state index contributed by atoms with van der Waals surface area (Å²) < 4.78 is 35.0. The molecule has 0 unspecified atom stereocenters. The molecule has 0 saturated carbocycles. The molecule has 4 rings (SSSR count). The van der Waals surface area contributed by atoms with Gasteiger partial charge in [0.05, 0.1) is 41.0 Å². The van der Waals surface area contributed by atoms with Crippen molar-refractivity contribution < 1.29 is 13.2 Å². The monoisotopic (exact) mass is 353 g/mol.